The smallest absolute Gasteiger partial charge is 0.193 e. The highest BCUT2D eigenvalue weighted by Gasteiger charge is 2.19. The van der Waals surface area contributed by atoms with Crippen molar-refractivity contribution < 1.29 is 14.2 Å². The Hall–Kier alpha value is -2.41. The van der Waals surface area contributed by atoms with E-state index in [4.69, 9.17) is 19.2 Å². The van der Waals surface area contributed by atoms with Crippen molar-refractivity contribution in [3.8, 4) is 11.5 Å². The summed E-state index contributed by atoms with van der Waals surface area (Å²) in [5.41, 5.74) is 2.22. The number of guanidine groups is 1. The van der Waals surface area contributed by atoms with Gasteiger partial charge in [0.1, 0.15) is 11.5 Å². The molecule has 1 aromatic carbocycles. The number of aromatic amines is 1. The Labute approximate surface area is 173 Å². The first-order valence-electron chi connectivity index (χ1n) is 10.4. The molecule has 0 radical (unpaired) electrons. The van der Waals surface area contributed by atoms with Gasteiger partial charge in [-0.25, -0.2) is 0 Å². The van der Waals surface area contributed by atoms with Crippen LogP contribution in [0.25, 0.3) is 10.9 Å². The maximum absolute atomic E-state index is 5.50. The van der Waals surface area contributed by atoms with Crippen molar-refractivity contribution in [3.05, 3.63) is 23.9 Å². The van der Waals surface area contributed by atoms with E-state index in [0.29, 0.717) is 5.92 Å². The summed E-state index contributed by atoms with van der Waals surface area (Å²) in [5.74, 6) is 3.19. The van der Waals surface area contributed by atoms with Crippen LogP contribution in [0, 0.1) is 5.92 Å². The average Bonchev–Trinajstić information content (AvgIpc) is 3.38. The molecular weight excluding hydrogens is 368 g/mol. The van der Waals surface area contributed by atoms with Gasteiger partial charge in [0.2, 0.25) is 0 Å². The van der Waals surface area contributed by atoms with Gasteiger partial charge in [-0.2, -0.15) is 0 Å². The SMILES string of the molecule is CCNC(=NCCCc1cc2c(OC)cc(OC)cc2[nH]1)N(C)CC1CCOC1. The van der Waals surface area contributed by atoms with E-state index in [1.807, 2.05) is 12.1 Å². The third kappa shape index (κ3) is 5.56. The molecule has 0 bridgehead atoms. The lowest BCUT2D eigenvalue weighted by Gasteiger charge is -2.24. The summed E-state index contributed by atoms with van der Waals surface area (Å²) in [6.07, 6.45) is 3.04. The number of aryl methyl sites for hydroxylation is 1. The lowest BCUT2D eigenvalue weighted by Crippen LogP contribution is -2.41. The minimum absolute atomic E-state index is 0.599. The van der Waals surface area contributed by atoms with Crippen molar-refractivity contribution >= 4 is 16.9 Å². The molecule has 2 N–H and O–H groups in total. The third-order valence-corrected chi connectivity index (χ3v) is 5.30. The Morgan fingerprint density at radius 1 is 1.31 bits per heavy atom. The van der Waals surface area contributed by atoms with Gasteiger partial charge in [-0.15, -0.1) is 0 Å². The number of aliphatic imine (C=N–C) groups is 1. The molecule has 3 rings (SSSR count). The van der Waals surface area contributed by atoms with Gasteiger partial charge in [0.15, 0.2) is 5.96 Å². The topological polar surface area (TPSA) is 71.1 Å². The van der Waals surface area contributed by atoms with Crippen molar-refractivity contribution in [1.29, 1.82) is 0 Å². The molecule has 0 saturated carbocycles. The van der Waals surface area contributed by atoms with Gasteiger partial charge < -0.3 is 29.4 Å². The maximum atomic E-state index is 5.50. The van der Waals surface area contributed by atoms with Crippen molar-refractivity contribution in [2.45, 2.75) is 26.2 Å². The highest BCUT2D eigenvalue weighted by molar-refractivity contribution is 5.88. The molecule has 1 aromatic heterocycles. The molecule has 1 saturated heterocycles. The Balaban J connectivity index is 1.58. The van der Waals surface area contributed by atoms with Crippen LogP contribution in [0.15, 0.2) is 23.2 Å². The van der Waals surface area contributed by atoms with E-state index in [-0.39, 0.29) is 0 Å². The second kappa shape index (κ2) is 10.4. The fourth-order valence-electron chi connectivity index (χ4n) is 3.78. The summed E-state index contributed by atoms with van der Waals surface area (Å²) in [5, 5.41) is 4.48. The molecule has 1 unspecified atom stereocenters. The molecule has 1 aliphatic rings. The van der Waals surface area contributed by atoms with Crippen LogP contribution in [0.4, 0.5) is 0 Å². The Morgan fingerprint density at radius 2 is 2.17 bits per heavy atom. The molecule has 0 aliphatic carbocycles. The Kier molecular flexibility index (Phi) is 7.63. The van der Waals surface area contributed by atoms with Crippen LogP contribution in [0.5, 0.6) is 11.5 Å². The Morgan fingerprint density at radius 3 is 2.86 bits per heavy atom. The lowest BCUT2D eigenvalue weighted by atomic mass is 10.1. The number of ether oxygens (including phenoxy) is 3. The number of nitrogens with zero attached hydrogens (tertiary/aromatic N) is 2. The average molecular weight is 403 g/mol. The van der Waals surface area contributed by atoms with Gasteiger partial charge in [0.25, 0.3) is 0 Å². The summed E-state index contributed by atoms with van der Waals surface area (Å²) < 4.78 is 16.4. The normalized spacial score (nSPS) is 17.0. The number of methoxy groups -OCH3 is 2. The van der Waals surface area contributed by atoms with Gasteiger partial charge in [-0.1, -0.05) is 0 Å². The molecule has 0 spiro atoms. The second-order valence-electron chi connectivity index (χ2n) is 7.53. The van der Waals surface area contributed by atoms with Crippen LogP contribution in [-0.4, -0.2) is 70.0 Å². The number of benzene rings is 1. The Bertz CT molecular complexity index is 812. The van der Waals surface area contributed by atoms with Gasteiger partial charge >= 0.3 is 0 Å². The minimum atomic E-state index is 0.599. The van der Waals surface area contributed by atoms with Crippen molar-refractivity contribution in [1.82, 2.24) is 15.2 Å². The van der Waals surface area contributed by atoms with E-state index in [1.54, 1.807) is 14.2 Å². The van der Waals surface area contributed by atoms with Gasteiger partial charge in [0, 0.05) is 62.4 Å². The molecular formula is C22H34N4O3. The standard InChI is InChI=1S/C22H34N4O3/c1-5-23-22(26(2)14-16-8-10-29-15-16)24-9-6-7-17-11-19-20(25-17)12-18(27-3)13-21(19)28-4/h11-13,16,25H,5-10,14-15H2,1-4H3,(H,23,24). The van der Waals surface area contributed by atoms with Crippen LogP contribution >= 0.6 is 0 Å². The van der Waals surface area contributed by atoms with Gasteiger partial charge in [-0.3, -0.25) is 4.99 Å². The summed E-state index contributed by atoms with van der Waals surface area (Å²) in [7, 11) is 5.46. The number of aromatic nitrogens is 1. The van der Waals surface area contributed by atoms with Crippen molar-refractivity contribution in [2.24, 2.45) is 10.9 Å². The quantitative estimate of drug-likeness (QED) is 0.383. The summed E-state index contributed by atoms with van der Waals surface area (Å²) in [6.45, 7) is 6.48. The maximum Gasteiger partial charge on any atom is 0.193 e. The monoisotopic (exact) mass is 402 g/mol. The number of hydrogen-bond donors (Lipinski definition) is 2. The number of rotatable bonds is 9. The molecule has 160 valence electrons. The molecule has 1 atom stereocenters. The first kappa shape index (κ1) is 21.3. The molecule has 29 heavy (non-hydrogen) atoms. The molecule has 1 aliphatic heterocycles. The molecule has 1 fully saturated rings. The molecule has 0 amide bonds. The predicted octanol–water partition coefficient (Wildman–Crippen LogP) is 3.05. The molecule has 7 nitrogen and oxygen atoms in total. The second-order valence-corrected chi connectivity index (χ2v) is 7.53. The van der Waals surface area contributed by atoms with Gasteiger partial charge in [0.05, 0.1) is 26.3 Å². The van der Waals surface area contributed by atoms with Crippen LogP contribution < -0.4 is 14.8 Å². The van der Waals surface area contributed by atoms with E-state index in [9.17, 15) is 0 Å². The number of nitrogens with one attached hydrogen (secondary N) is 2. The zero-order chi connectivity index (χ0) is 20.6. The van der Waals surface area contributed by atoms with Crippen LogP contribution in [0.3, 0.4) is 0 Å². The van der Waals surface area contributed by atoms with Crippen LogP contribution in [-0.2, 0) is 11.2 Å². The summed E-state index contributed by atoms with van der Waals surface area (Å²) in [6, 6.07) is 6.08. The van der Waals surface area contributed by atoms with E-state index < -0.39 is 0 Å². The van der Waals surface area contributed by atoms with E-state index >= 15 is 0 Å². The van der Waals surface area contributed by atoms with Crippen LogP contribution in [0.1, 0.15) is 25.5 Å². The first-order chi connectivity index (χ1) is 14.1. The number of fused-ring (bicyclic) bond motifs is 1. The summed E-state index contributed by atoms with van der Waals surface area (Å²) in [4.78, 5) is 10.5. The van der Waals surface area contributed by atoms with Gasteiger partial charge in [-0.05, 0) is 32.3 Å². The lowest BCUT2D eigenvalue weighted by molar-refractivity contribution is 0.181. The molecule has 2 heterocycles. The minimum Gasteiger partial charge on any atom is -0.497 e. The fourth-order valence-corrected chi connectivity index (χ4v) is 3.78. The highest BCUT2D eigenvalue weighted by atomic mass is 16.5. The van der Waals surface area contributed by atoms with E-state index in [1.165, 1.54) is 5.69 Å². The fraction of sp³-hybridized carbons (Fsp3) is 0.591. The van der Waals surface area contributed by atoms with Crippen molar-refractivity contribution in [2.75, 3.05) is 54.1 Å². The highest BCUT2D eigenvalue weighted by Crippen LogP contribution is 2.31. The number of H-pyrrole nitrogens is 1. The first-order valence-corrected chi connectivity index (χ1v) is 10.4. The predicted molar refractivity (Wildman–Crippen MR) is 117 cm³/mol. The largest absolute Gasteiger partial charge is 0.497 e. The van der Waals surface area contributed by atoms with E-state index in [0.717, 1.165) is 80.5 Å². The van der Waals surface area contributed by atoms with E-state index in [2.05, 4.69) is 35.2 Å². The van der Waals surface area contributed by atoms with Crippen LogP contribution in [0.2, 0.25) is 0 Å². The van der Waals surface area contributed by atoms with Crippen molar-refractivity contribution in [3.63, 3.8) is 0 Å². The molecule has 7 heteroatoms. The summed E-state index contributed by atoms with van der Waals surface area (Å²) >= 11 is 0. The zero-order valence-electron chi connectivity index (χ0n) is 18.1. The third-order valence-electron chi connectivity index (χ3n) is 5.30. The molecule has 2 aromatic rings. The zero-order valence-corrected chi connectivity index (χ0v) is 18.1. The number of hydrogen-bond acceptors (Lipinski definition) is 4.